The van der Waals surface area contributed by atoms with Crippen LogP contribution in [0.4, 0.5) is 18.9 Å². The van der Waals surface area contributed by atoms with Crippen molar-refractivity contribution in [1.82, 2.24) is 14.1 Å². The van der Waals surface area contributed by atoms with Gasteiger partial charge in [-0.15, -0.1) is 0 Å². The van der Waals surface area contributed by atoms with Crippen LogP contribution < -0.4 is 5.32 Å². The van der Waals surface area contributed by atoms with Gasteiger partial charge in [-0.25, -0.2) is 8.42 Å². The van der Waals surface area contributed by atoms with Crippen molar-refractivity contribution >= 4 is 21.6 Å². The molecule has 164 valence electrons. The molecule has 1 aromatic heterocycles. The summed E-state index contributed by atoms with van der Waals surface area (Å²) in [4.78, 5) is 12.2. The predicted molar refractivity (Wildman–Crippen MR) is 101 cm³/mol. The van der Waals surface area contributed by atoms with E-state index in [-0.39, 0.29) is 31.0 Å². The molecular formula is C18H21F3N4O4S. The van der Waals surface area contributed by atoms with E-state index in [9.17, 15) is 26.4 Å². The molecule has 0 bridgehead atoms. The van der Waals surface area contributed by atoms with Gasteiger partial charge in [-0.3, -0.25) is 9.48 Å². The first-order valence-electron chi connectivity index (χ1n) is 9.17. The van der Waals surface area contributed by atoms with Gasteiger partial charge in [0.05, 0.1) is 18.1 Å². The zero-order valence-corrected chi connectivity index (χ0v) is 17.0. The predicted octanol–water partition coefficient (Wildman–Crippen LogP) is 2.26. The van der Waals surface area contributed by atoms with Gasteiger partial charge >= 0.3 is 6.18 Å². The van der Waals surface area contributed by atoms with Crippen molar-refractivity contribution in [3.05, 3.63) is 41.7 Å². The molecule has 2 heterocycles. The fourth-order valence-corrected chi connectivity index (χ4v) is 4.36. The molecular weight excluding hydrogens is 425 g/mol. The molecule has 1 aromatic carbocycles. The molecule has 1 saturated heterocycles. The van der Waals surface area contributed by atoms with Crippen molar-refractivity contribution < 1.29 is 31.1 Å². The summed E-state index contributed by atoms with van der Waals surface area (Å²) in [5.74, 6) is -0.428. The van der Waals surface area contributed by atoms with E-state index < -0.39 is 27.8 Å². The van der Waals surface area contributed by atoms with Crippen molar-refractivity contribution in [2.75, 3.05) is 31.6 Å². The van der Waals surface area contributed by atoms with Crippen LogP contribution in [-0.4, -0.2) is 54.7 Å². The van der Waals surface area contributed by atoms with Crippen LogP contribution in [0, 0.1) is 6.92 Å². The summed E-state index contributed by atoms with van der Waals surface area (Å²) in [5, 5.41) is 6.07. The fraction of sp³-hybridized carbons (Fsp3) is 0.444. The average molecular weight is 446 g/mol. The monoisotopic (exact) mass is 446 g/mol. The number of carbonyl (C=O) groups excluding carboxylic acids is 1. The van der Waals surface area contributed by atoms with Crippen LogP contribution in [0.5, 0.6) is 0 Å². The number of carbonyl (C=O) groups is 1. The third kappa shape index (κ3) is 5.18. The molecule has 30 heavy (non-hydrogen) atoms. The largest absolute Gasteiger partial charge is 0.435 e. The number of morpholine rings is 1. The first kappa shape index (κ1) is 22.2. The zero-order valence-electron chi connectivity index (χ0n) is 16.1. The van der Waals surface area contributed by atoms with Crippen LogP contribution in [0.3, 0.4) is 0 Å². The highest BCUT2D eigenvalue weighted by Gasteiger charge is 2.34. The number of rotatable bonds is 6. The lowest BCUT2D eigenvalue weighted by molar-refractivity contribution is -0.141. The topological polar surface area (TPSA) is 93.5 Å². The summed E-state index contributed by atoms with van der Waals surface area (Å²) in [5.41, 5.74) is -0.320. The molecule has 0 atom stereocenters. The lowest BCUT2D eigenvalue weighted by Gasteiger charge is -2.26. The van der Waals surface area contributed by atoms with Crippen LogP contribution >= 0.6 is 0 Å². The third-order valence-corrected chi connectivity index (χ3v) is 6.48. The van der Waals surface area contributed by atoms with Crippen molar-refractivity contribution in [2.45, 2.75) is 31.0 Å². The molecule has 1 aliphatic heterocycles. The first-order chi connectivity index (χ1) is 14.1. The first-order valence-corrected chi connectivity index (χ1v) is 10.6. The Bertz CT molecular complexity index is 997. The highest BCUT2D eigenvalue weighted by Crippen LogP contribution is 2.28. The van der Waals surface area contributed by atoms with E-state index in [1.54, 1.807) is 0 Å². The maximum atomic E-state index is 12.7. The second-order valence-electron chi connectivity index (χ2n) is 6.73. The number of hydrogen-bond acceptors (Lipinski definition) is 5. The number of hydrogen-bond donors (Lipinski definition) is 1. The molecule has 1 amide bonds. The molecule has 0 spiro atoms. The molecule has 12 heteroatoms. The second-order valence-corrected chi connectivity index (χ2v) is 8.67. The summed E-state index contributed by atoms with van der Waals surface area (Å²) < 4.78 is 70.9. The van der Waals surface area contributed by atoms with E-state index in [2.05, 4.69) is 10.4 Å². The molecule has 1 N–H and O–H groups in total. The molecule has 8 nitrogen and oxygen atoms in total. The number of nitrogens with zero attached hydrogens (tertiary/aromatic N) is 3. The third-order valence-electron chi connectivity index (χ3n) is 4.57. The van der Waals surface area contributed by atoms with Crippen molar-refractivity contribution in [3.63, 3.8) is 0 Å². The maximum absolute atomic E-state index is 12.7. The van der Waals surface area contributed by atoms with E-state index in [4.69, 9.17) is 4.74 Å². The van der Waals surface area contributed by atoms with Crippen molar-refractivity contribution in [2.24, 2.45) is 0 Å². The Morgan fingerprint density at radius 3 is 2.40 bits per heavy atom. The summed E-state index contributed by atoms with van der Waals surface area (Å²) in [6.07, 6.45) is -4.63. The lowest BCUT2D eigenvalue weighted by Crippen LogP contribution is -2.40. The average Bonchev–Trinajstić information content (AvgIpc) is 3.09. The van der Waals surface area contributed by atoms with Crippen LogP contribution in [0.15, 0.2) is 35.2 Å². The minimum atomic E-state index is -4.54. The summed E-state index contributed by atoms with van der Waals surface area (Å²) in [7, 11) is -3.63. The van der Waals surface area contributed by atoms with E-state index in [0.717, 1.165) is 10.7 Å². The Morgan fingerprint density at radius 2 is 1.83 bits per heavy atom. The normalized spacial score (nSPS) is 15.9. The SMILES string of the molecule is Cc1cc(C(F)(F)F)nn1CCC(=O)Nc1ccc(S(=O)(=O)N2CCOCC2)cc1. The summed E-state index contributed by atoms with van der Waals surface area (Å²) in [6.45, 7) is 2.71. The van der Waals surface area contributed by atoms with Gasteiger partial charge in [0.2, 0.25) is 15.9 Å². The molecule has 0 radical (unpaired) electrons. The summed E-state index contributed by atoms with van der Waals surface area (Å²) in [6, 6.07) is 6.64. The van der Waals surface area contributed by atoms with Gasteiger partial charge in [-0.2, -0.15) is 22.6 Å². The summed E-state index contributed by atoms with van der Waals surface area (Å²) >= 11 is 0. The van der Waals surface area contributed by atoms with Crippen LogP contribution in [0.25, 0.3) is 0 Å². The lowest BCUT2D eigenvalue weighted by atomic mass is 10.3. The second kappa shape index (κ2) is 8.74. The smallest absolute Gasteiger partial charge is 0.379 e. The van der Waals surface area contributed by atoms with Crippen LogP contribution in [-0.2, 0) is 32.3 Å². The standard InChI is InChI=1S/C18H21F3N4O4S/c1-13-12-16(18(19,20)21)23-25(13)7-6-17(26)22-14-2-4-15(5-3-14)30(27,28)24-8-10-29-11-9-24/h2-5,12H,6-11H2,1H3,(H,22,26). The van der Waals surface area contributed by atoms with Crippen LogP contribution in [0.2, 0.25) is 0 Å². The van der Waals surface area contributed by atoms with Gasteiger partial charge < -0.3 is 10.1 Å². The van der Waals surface area contributed by atoms with E-state index in [1.165, 1.54) is 35.5 Å². The Hall–Kier alpha value is -2.44. The number of anilines is 1. The number of aromatic nitrogens is 2. The van der Waals surface area contributed by atoms with Gasteiger partial charge in [-0.05, 0) is 37.3 Å². The Kier molecular flexibility index (Phi) is 6.48. The van der Waals surface area contributed by atoms with Crippen molar-refractivity contribution in [3.8, 4) is 0 Å². The minimum absolute atomic E-state index is 0.0166. The number of nitrogens with one attached hydrogen (secondary N) is 1. The zero-order chi connectivity index (χ0) is 21.9. The maximum Gasteiger partial charge on any atom is 0.435 e. The molecule has 2 aromatic rings. The minimum Gasteiger partial charge on any atom is -0.379 e. The van der Waals surface area contributed by atoms with E-state index in [0.29, 0.717) is 24.6 Å². The van der Waals surface area contributed by atoms with Gasteiger partial charge in [0.1, 0.15) is 0 Å². The quantitative estimate of drug-likeness (QED) is 0.735. The highest BCUT2D eigenvalue weighted by atomic mass is 32.2. The molecule has 1 fully saturated rings. The number of benzene rings is 1. The van der Waals surface area contributed by atoms with E-state index in [1.807, 2.05) is 0 Å². The van der Waals surface area contributed by atoms with Crippen LogP contribution in [0.1, 0.15) is 17.8 Å². The number of sulfonamides is 1. The Balaban J connectivity index is 1.58. The van der Waals surface area contributed by atoms with Crippen molar-refractivity contribution in [1.29, 1.82) is 0 Å². The number of halogens is 3. The number of alkyl halides is 3. The van der Waals surface area contributed by atoms with Gasteiger partial charge in [0.15, 0.2) is 5.69 Å². The molecule has 0 saturated carbocycles. The molecule has 3 rings (SSSR count). The highest BCUT2D eigenvalue weighted by molar-refractivity contribution is 7.89. The molecule has 0 aliphatic carbocycles. The number of amides is 1. The number of aryl methyl sites for hydroxylation is 2. The Labute approximate surface area is 171 Å². The molecule has 1 aliphatic rings. The molecule has 0 unspecified atom stereocenters. The van der Waals surface area contributed by atoms with Gasteiger partial charge in [-0.1, -0.05) is 0 Å². The number of ether oxygens (including phenoxy) is 1. The fourth-order valence-electron chi connectivity index (χ4n) is 2.95. The Morgan fingerprint density at radius 1 is 1.20 bits per heavy atom. The van der Waals surface area contributed by atoms with Gasteiger partial charge in [0.25, 0.3) is 0 Å². The van der Waals surface area contributed by atoms with Gasteiger partial charge in [0, 0.05) is 37.4 Å². The van der Waals surface area contributed by atoms with E-state index >= 15 is 0 Å².